The number of aromatic amines is 1. The van der Waals surface area contributed by atoms with Crippen molar-refractivity contribution in [2.45, 2.75) is 25.0 Å². The number of piperazine rings is 1. The number of carbonyl (C=O) groups is 2. The molecule has 2 amide bonds. The second-order valence-corrected chi connectivity index (χ2v) is 9.91. The normalized spacial score (nSPS) is 19.6. The number of rotatable bonds is 5. The lowest BCUT2D eigenvalue weighted by Gasteiger charge is -2.47. The van der Waals surface area contributed by atoms with Gasteiger partial charge in [0.15, 0.2) is 11.5 Å². The second-order valence-electron chi connectivity index (χ2n) is 8.87. The highest BCUT2D eigenvalue weighted by Crippen LogP contribution is 2.44. The number of fused-ring (bicyclic) bond motifs is 4. The molecule has 1 fully saturated rings. The molecule has 2 aliphatic rings. The van der Waals surface area contributed by atoms with Gasteiger partial charge in [-0.05, 0) is 40.8 Å². The van der Waals surface area contributed by atoms with Crippen LogP contribution in [0.5, 0.6) is 11.5 Å². The van der Waals surface area contributed by atoms with E-state index in [-0.39, 0.29) is 18.4 Å². The highest BCUT2D eigenvalue weighted by atomic mass is 32.1. The van der Waals surface area contributed by atoms with Gasteiger partial charge in [0.25, 0.3) is 0 Å². The Bertz CT molecular complexity index is 1430. The van der Waals surface area contributed by atoms with Crippen LogP contribution in [0.15, 0.2) is 60.0 Å². The van der Waals surface area contributed by atoms with Gasteiger partial charge in [0.1, 0.15) is 12.6 Å². The van der Waals surface area contributed by atoms with Gasteiger partial charge in [-0.25, -0.2) is 0 Å². The zero-order valence-electron chi connectivity index (χ0n) is 19.5. The smallest absolute Gasteiger partial charge is 0.246 e. The fourth-order valence-corrected chi connectivity index (χ4v) is 6.14. The summed E-state index contributed by atoms with van der Waals surface area (Å²) in [5.74, 6) is 1.12. The second kappa shape index (κ2) is 8.46. The number of thiophene rings is 1. The number of aromatic nitrogens is 1. The monoisotopic (exact) mass is 487 g/mol. The summed E-state index contributed by atoms with van der Waals surface area (Å²) in [6.45, 7) is 0.515. The summed E-state index contributed by atoms with van der Waals surface area (Å²) in [6.07, 6.45) is 0.481. The van der Waals surface area contributed by atoms with Crippen molar-refractivity contribution in [3.05, 3.63) is 81.7 Å². The van der Waals surface area contributed by atoms with E-state index in [9.17, 15) is 9.59 Å². The summed E-state index contributed by atoms with van der Waals surface area (Å²) in [6, 6.07) is 16.8. The fourth-order valence-electron chi connectivity index (χ4n) is 5.42. The summed E-state index contributed by atoms with van der Waals surface area (Å²) < 4.78 is 11.0. The van der Waals surface area contributed by atoms with Crippen molar-refractivity contribution in [2.75, 3.05) is 20.8 Å². The van der Waals surface area contributed by atoms with Crippen molar-refractivity contribution in [1.29, 1.82) is 0 Å². The van der Waals surface area contributed by atoms with Crippen molar-refractivity contribution < 1.29 is 19.1 Å². The first-order valence-corrected chi connectivity index (χ1v) is 12.4. The van der Waals surface area contributed by atoms with E-state index in [0.29, 0.717) is 24.5 Å². The van der Waals surface area contributed by atoms with E-state index in [0.717, 1.165) is 32.6 Å². The molecule has 4 aromatic rings. The van der Waals surface area contributed by atoms with Crippen molar-refractivity contribution in [3.8, 4) is 11.5 Å². The Morgan fingerprint density at radius 3 is 2.63 bits per heavy atom. The number of ether oxygens (including phenoxy) is 2. The third-order valence-electron chi connectivity index (χ3n) is 6.99. The molecule has 178 valence electrons. The van der Waals surface area contributed by atoms with Gasteiger partial charge in [-0.1, -0.05) is 30.3 Å². The van der Waals surface area contributed by atoms with E-state index in [1.807, 2.05) is 53.9 Å². The maximum absolute atomic E-state index is 13.8. The van der Waals surface area contributed by atoms with Crippen molar-refractivity contribution >= 4 is 34.1 Å². The standard InChI is InChI=1S/C27H25N3O4S/c1-33-22-10-9-16(12-23(22)34-2)26-25-19(18-7-3-4-8-20(18)28-25)13-21-27(32)29(15-24(31)30(21)26)14-17-6-5-11-35-17/h3-12,21,26,28H,13-15H2,1-2H3/t21-,26-/m0/s1. The quantitative estimate of drug-likeness (QED) is 0.459. The van der Waals surface area contributed by atoms with Gasteiger partial charge < -0.3 is 24.3 Å². The van der Waals surface area contributed by atoms with Gasteiger partial charge in [0.2, 0.25) is 11.8 Å². The molecule has 7 nitrogen and oxygen atoms in total. The largest absolute Gasteiger partial charge is 0.493 e. The minimum atomic E-state index is -0.569. The molecule has 2 atom stereocenters. The molecule has 35 heavy (non-hydrogen) atoms. The number of nitrogens with zero attached hydrogens (tertiary/aromatic N) is 2. The van der Waals surface area contributed by atoms with E-state index >= 15 is 0 Å². The molecule has 0 bridgehead atoms. The number of hydrogen-bond donors (Lipinski definition) is 1. The molecule has 1 N–H and O–H groups in total. The average Bonchev–Trinajstić information content (AvgIpc) is 3.53. The molecule has 4 heterocycles. The first-order valence-electron chi connectivity index (χ1n) is 11.5. The highest BCUT2D eigenvalue weighted by Gasteiger charge is 2.48. The number of H-pyrrole nitrogens is 1. The molecule has 0 spiro atoms. The summed E-state index contributed by atoms with van der Waals surface area (Å²) >= 11 is 1.60. The zero-order chi connectivity index (χ0) is 24.1. The van der Waals surface area contributed by atoms with Crippen LogP contribution in [0.4, 0.5) is 0 Å². The van der Waals surface area contributed by atoms with Crippen LogP contribution in [-0.2, 0) is 22.6 Å². The number of benzene rings is 2. The van der Waals surface area contributed by atoms with Crippen LogP contribution in [0.3, 0.4) is 0 Å². The molecule has 2 aromatic carbocycles. The lowest BCUT2D eigenvalue weighted by atomic mass is 9.86. The number of amides is 2. The third-order valence-corrected chi connectivity index (χ3v) is 7.85. The fraction of sp³-hybridized carbons (Fsp3) is 0.259. The maximum atomic E-state index is 13.8. The summed E-state index contributed by atoms with van der Waals surface area (Å²) in [4.78, 5) is 35.5. The Kier molecular flexibility index (Phi) is 5.25. The van der Waals surface area contributed by atoms with Crippen LogP contribution in [0.25, 0.3) is 10.9 Å². The number of carbonyl (C=O) groups excluding carboxylic acids is 2. The van der Waals surface area contributed by atoms with Crippen LogP contribution in [0.2, 0.25) is 0 Å². The van der Waals surface area contributed by atoms with E-state index in [4.69, 9.17) is 9.47 Å². The maximum Gasteiger partial charge on any atom is 0.246 e. The van der Waals surface area contributed by atoms with E-state index in [1.54, 1.807) is 35.4 Å². The first kappa shape index (κ1) is 21.7. The molecule has 1 saturated heterocycles. The molecule has 2 aliphatic heterocycles. The molecule has 2 aromatic heterocycles. The van der Waals surface area contributed by atoms with Crippen LogP contribution in [0.1, 0.15) is 27.7 Å². The molecule has 6 rings (SSSR count). The zero-order valence-corrected chi connectivity index (χ0v) is 20.3. The van der Waals surface area contributed by atoms with Crippen LogP contribution in [0, 0.1) is 0 Å². The lowest BCUT2D eigenvalue weighted by Crippen LogP contribution is -2.62. The predicted molar refractivity (Wildman–Crippen MR) is 134 cm³/mol. The minimum absolute atomic E-state index is 0.0144. The summed E-state index contributed by atoms with van der Waals surface area (Å²) in [7, 11) is 3.19. The van der Waals surface area contributed by atoms with Gasteiger partial charge in [0.05, 0.1) is 26.8 Å². The summed E-state index contributed by atoms with van der Waals surface area (Å²) in [5.41, 5.74) is 3.90. The Morgan fingerprint density at radius 2 is 1.86 bits per heavy atom. The van der Waals surface area contributed by atoms with Gasteiger partial charge >= 0.3 is 0 Å². The predicted octanol–water partition coefficient (Wildman–Crippen LogP) is 4.13. The van der Waals surface area contributed by atoms with E-state index < -0.39 is 12.1 Å². The van der Waals surface area contributed by atoms with Crippen LogP contribution in [-0.4, -0.2) is 53.4 Å². The Hall–Kier alpha value is -3.78. The van der Waals surface area contributed by atoms with Crippen LogP contribution < -0.4 is 9.47 Å². The number of para-hydroxylation sites is 1. The lowest BCUT2D eigenvalue weighted by molar-refractivity contribution is -0.159. The van der Waals surface area contributed by atoms with Crippen molar-refractivity contribution in [1.82, 2.24) is 14.8 Å². The van der Waals surface area contributed by atoms with Gasteiger partial charge in [-0.15, -0.1) is 11.3 Å². The summed E-state index contributed by atoms with van der Waals surface area (Å²) in [5, 5.41) is 3.08. The molecule has 8 heteroatoms. The molecule has 0 aliphatic carbocycles. The molecule has 0 unspecified atom stereocenters. The van der Waals surface area contributed by atoms with Crippen molar-refractivity contribution in [3.63, 3.8) is 0 Å². The van der Waals surface area contributed by atoms with Crippen LogP contribution >= 0.6 is 11.3 Å². The third kappa shape index (κ3) is 3.47. The van der Waals surface area contributed by atoms with Crippen molar-refractivity contribution in [2.24, 2.45) is 0 Å². The minimum Gasteiger partial charge on any atom is -0.493 e. The number of nitrogens with one attached hydrogen (secondary N) is 1. The number of methoxy groups -OCH3 is 2. The molecular formula is C27H25N3O4S. The van der Waals surface area contributed by atoms with E-state index in [1.165, 1.54) is 0 Å². The molecule has 0 saturated carbocycles. The first-order chi connectivity index (χ1) is 17.1. The Morgan fingerprint density at radius 1 is 1.03 bits per heavy atom. The number of hydrogen-bond acceptors (Lipinski definition) is 5. The molecule has 0 radical (unpaired) electrons. The Balaban J connectivity index is 1.49. The van der Waals surface area contributed by atoms with Gasteiger partial charge in [-0.2, -0.15) is 0 Å². The average molecular weight is 488 g/mol. The SMILES string of the molecule is COc1ccc([C@H]2c3[nH]c4ccccc4c3C[C@H]3C(=O)N(Cc4cccs4)CC(=O)N23)cc1OC. The van der Waals surface area contributed by atoms with E-state index in [2.05, 4.69) is 11.1 Å². The van der Waals surface area contributed by atoms with Gasteiger partial charge in [-0.3, -0.25) is 9.59 Å². The molecular weight excluding hydrogens is 462 g/mol. The highest BCUT2D eigenvalue weighted by molar-refractivity contribution is 7.09. The Labute approximate surface area is 206 Å². The van der Waals surface area contributed by atoms with Gasteiger partial charge in [0, 0.05) is 27.9 Å². The topological polar surface area (TPSA) is 74.9 Å².